The van der Waals surface area contributed by atoms with Crippen LogP contribution in [0.15, 0.2) is 91.0 Å². The zero-order valence-electron chi connectivity index (χ0n) is 18.6. The number of aliphatic hydroxyl groups is 2. The van der Waals surface area contributed by atoms with Crippen molar-refractivity contribution in [3.05, 3.63) is 108 Å². The fourth-order valence-corrected chi connectivity index (χ4v) is 2.50. The van der Waals surface area contributed by atoms with E-state index in [0.29, 0.717) is 0 Å². The number of carbonyl (C=O) groups is 1. The fraction of sp³-hybridized carbons (Fsp3) is 0.296. The Morgan fingerprint density at radius 2 is 0.938 bits per heavy atom. The van der Waals surface area contributed by atoms with Crippen molar-refractivity contribution in [3.63, 3.8) is 0 Å². The first-order chi connectivity index (χ1) is 14.3. The number of hydrogen-bond donors (Lipinski definition) is 2. The van der Waals surface area contributed by atoms with Gasteiger partial charge in [0.05, 0.1) is 12.2 Å². The molecule has 32 heavy (non-hydrogen) atoms. The van der Waals surface area contributed by atoms with Crippen molar-refractivity contribution in [3.8, 4) is 0 Å². The van der Waals surface area contributed by atoms with Gasteiger partial charge in [-0.25, -0.2) is 0 Å². The molecule has 0 spiro atoms. The lowest BCUT2D eigenvalue weighted by Crippen LogP contribution is -2.04. The highest BCUT2D eigenvalue weighted by atomic mass is 32.1. The van der Waals surface area contributed by atoms with Gasteiger partial charge in [-0.2, -0.15) is 13.5 Å². The molecule has 0 radical (unpaired) electrons. The zero-order chi connectivity index (χ0) is 22.4. The maximum Gasteiger partial charge on any atom is 0.303 e. The molecule has 3 aromatic rings. The zero-order valence-corrected chi connectivity index (χ0v) is 19.6. The smallest absolute Gasteiger partial charge is 0.303 e. The molecule has 2 N–H and O–H groups in total. The Labute approximate surface area is 200 Å². The average Bonchev–Trinajstić information content (AvgIpc) is 2.76. The van der Waals surface area contributed by atoms with Crippen molar-refractivity contribution >= 4 is 19.5 Å². The molecule has 3 rings (SSSR count). The molecular formula is C27H38O4S. The molecule has 0 fully saturated rings. The number of rotatable bonds is 4. The molecular weight excluding hydrogens is 420 g/mol. The summed E-state index contributed by atoms with van der Waals surface area (Å²) in [5.74, 6) is -0.244. The fourth-order valence-electron chi connectivity index (χ4n) is 2.50. The molecule has 1 unspecified atom stereocenters. The van der Waals surface area contributed by atoms with Gasteiger partial charge in [0.1, 0.15) is 6.10 Å². The maximum absolute atomic E-state index is 10.6. The third-order valence-electron chi connectivity index (χ3n) is 4.18. The maximum atomic E-state index is 10.6. The predicted molar refractivity (Wildman–Crippen MR) is 138 cm³/mol. The second-order valence-corrected chi connectivity index (χ2v) is 6.84. The molecule has 0 aliphatic rings. The summed E-state index contributed by atoms with van der Waals surface area (Å²) in [6.07, 6.45) is -0.832. The highest BCUT2D eigenvalue weighted by Crippen LogP contribution is 2.15. The summed E-state index contributed by atoms with van der Waals surface area (Å²) in [6.45, 7) is 6.79. The highest BCUT2D eigenvalue weighted by molar-refractivity contribution is 7.59. The van der Waals surface area contributed by atoms with Gasteiger partial charge < -0.3 is 14.9 Å². The summed E-state index contributed by atoms with van der Waals surface area (Å²) in [6, 6.07) is 28.8. The van der Waals surface area contributed by atoms with Gasteiger partial charge in [0, 0.05) is 6.92 Å². The number of benzene rings is 3. The van der Waals surface area contributed by atoms with Crippen LogP contribution < -0.4 is 0 Å². The highest BCUT2D eigenvalue weighted by Gasteiger charge is 2.06. The van der Waals surface area contributed by atoms with Crippen molar-refractivity contribution in [2.75, 3.05) is 0 Å². The van der Waals surface area contributed by atoms with E-state index in [9.17, 15) is 4.79 Å². The number of aliphatic hydroxyl groups excluding tert-OH is 2. The van der Waals surface area contributed by atoms with Crippen LogP contribution in [-0.4, -0.2) is 16.2 Å². The minimum atomic E-state index is -0.341. The molecule has 0 bridgehead atoms. The summed E-state index contributed by atoms with van der Waals surface area (Å²) in [7, 11) is 0. The van der Waals surface area contributed by atoms with Crippen LogP contribution in [0.3, 0.4) is 0 Å². The van der Waals surface area contributed by atoms with Crippen molar-refractivity contribution in [1.82, 2.24) is 0 Å². The van der Waals surface area contributed by atoms with E-state index < -0.39 is 0 Å². The molecule has 0 aliphatic heterocycles. The van der Waals surface area contributed by atoms with E-state index in [0.717, 1.165) is 16.7 Å². The molecule has 0 heterocycles. The second kappa shape index (κ2) is 18.0. The first-order valence-corrected chi connectivity index (χ1v) is 9.99. The van der Waals surface area contributed by atoms with Crippen molar-refractivity contribution in [2.45, 2.75) is 53.4 Å². The molecule has 4 nitrogen and oxygen atoms in total. The van der Waals surface area contributed by atoms with Gasteiger partial charge in [0.25, 0.3) is 0 Å². The van der Waals surface area contributed by atoms with E-state index in [1.807, 2.05) is 97.9 Å². The number of esters is 1. The Morgan fingerprint density at radius 3 is 1.16 bits per heavy atom. The summed E-state index contributed by atoms with van der Waals surface area (Å²) >= 11 is 0. The lowest BCUT2D eigenvalue weighted by atomic mass is 10.1. The van der Waals surface area contributed by atoms with Crippen LogP contribution in [-0.2, 0) is 9.53 Å². The predicted octanol–water partition coefficient (Wildman–Crippen LogP) is 6.54. The third-order valence-corrected chi connectivity index (χ3v) is 4.18. The Morgan fingerprint density at radius 1 is 0.656 bits per heavy atom. The monoisotopic (exact) mass is 458 g/mol. The molecule has 0 saturated carbocycles. The molecule has 176 valence electrons. The normalized spacial score (nSPS) is 11.9. The minimum absolute atomic E-state index is 0. The van der Waals surface area contributed by atoms with E-state index in [-0.39, 0.29) is 45.2 Å². The summed E-state index contributed by atoms with van der Waals surface area (Å²) in [5.41, 5.74) is 2.96. The van der Waals surface area contributed by atoms with Crippen LogP contribution in [0.2, 0.25) is 0 Å². The van der Waals surface area contributed by atoms with E-state index >= 15 is 0 Å². The number of carbonyl (C=O) groups excluding carboxylic acids is 1. The summed E-state index contributed by atoms with van der Waals surface area (Å²) in [4.78, 5) is 10.6. The number of hydrogen-bond acceptors (Lipinski definition) is 4. The molecule has 3 aromatic carbocycles. The quantitative estimate of drug-likeness (QED) is 0.436. The number of ether oxygens (including phenoxy) is 1. The molecule has 0 saturated heterocycles. The van der Waals surface area contributed by atoms with E-state index in [2.05, 4.69) is 0 Å². The van der Waals surface area contributed by atoms with E-state index in [1.54, 1.807) is 13.8 Å². The van der Waals surface area contributed by atoms with Crippen LogP contribution >= 0.6 is 13.5 Å². The van der Waals surface area contributed by atoms with Crippen LogP contribution in [0.4, 0.5) is 0 Å². The first-order valence-electron chi connectivity index (χ1n) is 9.99. The third kappa shape index (κ3) is 13.7. The van der Waals surface area contributed by atoms with Gasteiger partial charge in [0.15, 0.2) is 0 Å². The van der Waals surface area contributed by atoms with Crippen molar-refractivity contribution in [2.24, 2.45) is 0 Å². The van der Waals surface area contributed by atoms with Crippen molar-refractivity contribution in [1.29, 1.82) is 0 Å². The minimum Gasteiger partial charge on any atom is -0.458 e. The Bertz CT molecular complexity index is 779. The summed E-state index contributed by atoms with van der Waals surface area (Å²) < 4.78 is 5.00. The van der Waals surface area contributed by atoms with Crippen LogP contribution in [0.1, 0.15) is 70.1 Å². The van der Waals surface area contributed by atoms with Crippen LogP contribution in [0.5, 0.6) is 0 Å². The molecule has 0 aliphatic carbocycles. The Kier molecular flexibility index (Phi) is 17.8. The van der Waals surface area contributed by atoms with E-state index in [4.69, 9.17) is 14.9 Å². The first kappa shape index (κ1) is 31.6. The van der Waals surface area contributed by atoms with Gasteiger partial charge in [-0.05, 0) is 37.5 Å². The van der Waals surface area contributed by atoms with Gasteiger partial charge >= 0.3 is 5.97 Å². The molecule has 0 aromatic heterocycles. The van der Waals surface area contributed by atoms with Crippen molar-refractivity contribution < 1.29 is 19.7 Å². The topological polar surface area (TPSA) is 66.8 Å². The lowest BCUT2D eigenvalue weighted by molar-refractivity contribution is -0.145. The summed E-state index contributed by atoms with van der Waals surface area (Å²) in [5, 5.41) is 18.0. The van der Waals surface area contributed by atoms with Gasteiger partial charge in [-0.3, -0.25) is 4.79 Å². The van der Waals surface area contributed by atoms with Crippen LogP contribution in [0.25, 0.3) is 0 Å². The molecule has 0 amide bonds. The second-order valence-electron chi connectivity index (χ2n) is 6.84. The molecule has 5 heteroatoms. The van der Waals surface area contributed by atoms with Gasteiger partial charge in [-0.15, -0.1) is 0 Å². The Hall–Kier alpha value is -2.60. The Balaban J connectivity index is 0. The molecule has 3 atom stereocenters. The van der Waals surface area contributed by atoms with Gasteiger partial charge in [-0.1, -0.05) is 98.4 Å². The van der Waals surface area contributed by atoms with E-state index in [1.165, 1.54) is 6.92 Å². The van der Waals surface area contributed by atoms with Gasteiger partial charge in [0.2, 0.25) is 0 Å². The lowest BCUT2D eigenvalue weighted by Gasteiger charge is -2.11. The average molecular weight is 459 g/mol. The van der Waals surface area contributed by atoms with Crippen LogP contribution in [0, 0.1) is 0 Å². The largest absolute Gasteiger partial charge is 0.458 e. The standard InChI is InChI=1S/C10H12O2.2C8H10O.CH4.H2S/c1-8(12-9(2)11)10-6-4-3-5-7-10;2*1-7(9)8-5-3-2-4-6-8;;/h3-8H,1-2H3;2*2-7,9H,1H3;1H4;1H2/t8-;7-;;;/m10.../s1. The SMILES string of the molecule is C.CC(=O)O[C@H](C)c1ccccc1.CC(O)c1ccccc1.C[C@H](O)c1ccccc1.S.